The standard InChI is InChI=1S/C10H12F2O.C10H13F.2C9H9ClF2.C9H10ClF.C9H10F2.3C9H11F/c1-6(2)10-7(5-13)3-8(11)4-9(10)12;1-7(2)9-4-5-10(11)8(3)6-9;1-5(2)8-7(11)4-3-6(10)9(8)12;1-5(2)6-3-4-7(11)8(10)9(6)12;1-6(2)7-4-3-5-8(10)9(7)11;1-6(2)8-4-3-7(10)5-9(8)11;2*1-7(2)8-3-5-9(10)6-4-8;1-7(2)8-4-3-5-9(10)6-8/h3-4,6,13H,5H2,1-2H3;4-7H,1-3H3;2*3-5H,1-2H3;2*3-6H,1-2H3;3*3-7H,1-2H3. The van der Waals surface area contributed by atoms with Crippen LogP contribution in [0.15, 0.2) is 164 Å². The number of aryl methyl sites for hydroxylation is 1. The third-order valence-corrected chi connectivity index (χ3v) is 15.8. The maximum Gasteiger partial charge on any atom is 0.148 e. The molecule has 0 aromatic heterocycles. The van der Waals surface area contributed by atoms with Crippen molar-refractivity contribution < 1.29 is 62.2 Å². The van der Waals surface area contributed by atoms with Crippen LogP contribution in [0.4, 0.5) is 57.1 Å². The maximum atomic E-state index is 13.2. The summed E-state index contributed by atoms with van der Waals surface area (Å²) in [4.78, 5) is 0. The molecule has 17 heteroatoms. The van der Waals surface area contributed by atoms with Gasteiger partial charge in [-0.3, -0.25) is 0 Å². The molecule has 0 unspecified atom stereocenters. The van der Waals surface area contributed by atoms with Gasteiger partial charge in [0.15, 0.2) is 0 Å². The van der Waals surface area contributed by atoms with Gasteiger partial charge in [-0.1, -0.05) is 232 Å². The molecular weight excluding hydrogens is 1370 g/mol. The van der Waals surface area contributed by atoms with E-state index >= 15 is 0 Å². The summed E-state index contributed by atoms with van der Waals surface area (Å²) < 4.78 is 166. The minimum absolute atomic E-state index is 0.0168. The van der Waals surface area contributed by atoms with Crippen molar-refractivity contribution in [1.29, 1.82) is 0 Å². The van der Waals surface area contributed by atoms with Gasteiger partial charge in [-0.15, -0.1) is 0 Å². The van der Waals surface area contributed by atoms with E-state index in [0.29, 0.717) is 51.5 Å². The first-order valence-corrected chi connectivity index (χ1v) is 34.0. The van der Waals surface area contributed by atoms with Gasteiger partial charge in [0.1, 0.15) is 80.6 Å². The summed E-state index contributed by atoms with van der Waals surface area (Å²) in [6.45, 7) is 36.4. The van der Waals surface area contributed by atoms with E-state index in [0.717, 1.165) is 23.3 Å². The Bertz CT molecular complexity index is 3820. The number of aliphatic hydroxyl groups excluding tert-OH is 1. The summed E-state index contributed by atoms with van der Waals surface area (Å²) in [5.41, 5.74) is 7.81. The summed E-state index contributed by atoms with van der Waals surface area (Å²) >= 11 is 16.4. The molecule has 9 aromatic carbocycles. The summed E-state index contributed by atoms with van der Waals surface area (Å²) in [7, 11) is 0. The first-order chi connectivity index (χ1) is 46.6. The van der Waals surface area contributed by atoms with Gasteiger partial charge < -0.3 is 5.11 Å². The number of hydrogen-bond acceptors (Lipinski definition) is 1. The monoisotopic (exact) mass is 1460 g/mol. The van der Waals surface area contributed by atoms with Crippen LogP contribution in [0.3, 0.4) is 0 Å². The lowest BCUT2D eigenvalue weighted by Gasteiger charge is -2.11. The van der Waals surface area contributed by atoms with Crippen molar-refractivity contribution in [2.24, 2.45) is 0 Å². The molecule has 1 nitrogen and oxygen atoms in total. The highest BCUT2D eigenvalue weighted by atomic mass is 35.5. The van der Waals surface area contributed by atoms with Crippen molar-refractivity contribution in [3.05, 3.63) is 316 Å². The van der Waals surface area contributed by atoms with E-state index in [1.54, 1.807) is 65.0 Å². The molecule has 0 aliphatic heterocycles. The Morgan fingerprint density at radius 2 is 0.670 bits per heavy atom. The Hall–Kier alpha value is -7.10. The van der Waals surface area contributed by atoms with Crippen LogP contribution in [0.5, 0.6) is 0 Å². The van der Waals surface area contributed by atoms with Gasteiger partial charge in [0.05, 0.1) is 16.7 Å². The third kappa shape index (κ3) is 32.3. The third-order valence-electron chi connectivity index (χ3n) is 14.9. The number of aliphatic hydroxyl groups is 1. The molecule has 0 spiro atoms. The second kappa shape index (κ2) is 45.7. The summed E-state index contributed by atoms with van der Waals surface area (Å²) in [5.74, 6) is -3.69. The molecule has 9 aromatic rings. The molecule has 0 aliphatic carbocycles. The van der Waals surface area contributed by atoms with Crippen LogP contribution in [0.1, 0.15) is 239 Å². The molecule has 0 radical (unpaired) electrons. The van der Waals surface area contributed by atoms with Crippen LogP contribution in [0, 0.1) is 82.5 Å². The second-order valence-corrected chi connectivity index (χ2v) is 27.2. The summed E-state index contributed by atoms with van der Waals surface area (Å²) in [5, 5.41) is 8.64. The van der Waals surface area contributed by atoms with E-state index in [1.165, 1.54) is 95.6 Å². The number of hydrogen-bond donors (Lipinski definition) is 1. The van der Waals surface area contributed by atoms with Crippen molar-refractivity contribution in [2.75, 3.05) is 0 Å². The maximum absolute atomic E-state index is 13.2. The molecule has 0 heterocycles. The van der Waals surface area contributed by atoms with Gasteiger partial charge in [0.2, 0.25) is 0 Å². The number of rotatable bonds is 10. The van der Waals surface area contributed by atoms with Crippen molar-refractivity contribution in [3.8, 4) is 0 Å². The molecule has 546 valence electrons. The normalized spacial score (nSPS) is 10.7. The van der Waals surface area contributed by atoms with Crippen LogP contribution in [0.2, 0.25) is 15.1 Å². The zero-order valence-corrected chi connectivity index (χ0v) is 62.8. The average molecular weight is 1460 g/mol. The zero-order valence-electron chi connectivity index (χ0n) is 60.5. The number of halogens is 16. The van der Waals surface area contributed by atoms with E-state index in [-0.39, 0.29) is 80.9 Å². The first-order valence-electron chi connectivity index (χ1n) is 32.8. The molecule has 0 amide bonds. The molecule has 9 rings (SSSR count). The second-order valence-electron chi connectivity index (χ2n) is 26.0. The summed E-state index contributed by atoms with van der Waals surface area (Å²) in [6, 6.07) is 41.0. The Kier molecular flexibility index (Phi) is 41.5. The van der Waals surface area contributed by atoms with Crippen LogP contribution in [0.25, 0.3) is 0 Å². The van der Waals surface area contributed by atoms with Crippen molar-refractivity contribution in [2.45, 2.75) is 191 Å². The molecular formula is C83H96Cl3F13O. The highest BCUT2D eigenvalue weighted by Crippen LogP contribution is 2.30. The fourth-order valence-electron chi connectivity index (χ4n) is 9.00. The molecule has 0 saturated heterocycles. The van der Waals surface area contributed by atoms with Crippen molar-refractivity contribution in [1.82, 2.24) is 0 Å². The zero-order chi connectivity index (χ0) is 76.6. The number of benzene rings is 9. The minimum atomic E-state index is -0.710. The Labute approximate surface area is 600 Å². The Balaban J connectivity index is 0.000000563. The largest absolute Gasteiger partial charge is 0.392 e. The van der Waals surface area contributed by atoms with Gasteiger partial charge in [-0.05, 0) is 195 Å². The molecule has 0 saturated carbocycles. The fourth-order valence-corrected chi connectivity index (χ4v) is 9.52. The topological polar surface area (TPSA) is 20.2 Å². The quantitative estimate of drug-likeness (QED) is 0.0822. The lowest BCUT2D eigenvalue weighted by atomic mass is 9.97. The first kappa shape index (κ1) is 90.9. The smallest absolute Gasteiger partial charge is 0.148 e. The average Bonchev–Trinajstić information content (AvgIpc) is 0.845. The van der Waals surface area contributed by atoms with Crippen molar-refractivity contribution in [3.63, 3.8) is 0 Å². The Morgan fingerprint density at radius 1 is 0.280 bits per heavy atom. The predicted molar refractivity (Wildman–Crippen MR) is 390 cm³/mol. The highest BCUT2D eigenvalue weighted by molar-refractivity contribution is 6.31. The van der Waals surface area contributed by atoms with Gasteiger partial charge in [-0.25, -0.2) is 57.1 Å². The van der Waals surface area contributed by atoms with Crippen LogP contribution in [-0.2, 0) is 6.61 Å². The SMILES string of the molecule is CC(C)c1c(F)cc(F)cc1CO.CC(C)c1c(F)ccc(Cl)c1F.CC(C)c1ccc(F)c(Cl)c1F.CC(C)c1ccc(F)cc1.CC(C)c1ccc(F)cc1.CC(C)c1ccc(F)cc1F.CC(C)c1cccc(Cl)c1F.CC(C)c1cccc(F)c1.Cc1cc(C(C)C)ccc1F. The minimum Gasteiger partial charge on any atom is -0.392 e. The van der Waals surface area contributed by atoms with Gasteiger partial charge in [-0.2, -0.15) is 0 Å². The molecule has 0 aliphatic rings. The van der Waals surface area contributed by atoms with Crippen LogP contribution >= 0.6 is 34.8 Å². The fraction of sp³-hybridized carbons (Fsp3) is 0.349. The van der Waals surface area contributed by atoms with Gasteiger partial charge in [0.25, 0.3) is 0 Å². The van der Waals surface area contributed by atoms with Gasteiger partial charge >= 0.3 is 0 Å². The van der Waals surface area contributed by atoms with Crippen LogP contribution in [-0.4, -0.2) is 5.11 Å². The van der Waals surface area contributed by atoms with E-state index in [9.17, 15) is 57.1 Å². The van der Waals surface area contributed by atoms with E-state index in [1.807, 2.05) is 84.0 Å². The lowest BCUT2D eigenvalue weighted by Crippen LogP contribution is -2.01. The van der Waals surface area contributed by atoms with Crippen molar-refractivity contribution >= 4 is 34.8 Å². The van der Waals surface area contributed by atoms with Gasteiger partial charge in [0, 0.05) is 17.7 Å². The Morgan fingerprint density at radius 3 is 1.07 bits per heavy atom. The molecule has 0 atom stereocenters. The van der Waals surface area contributed by atoms with E-state index in [2.05, 4.69) is 55.4 Å². The van der Waals surface area contributed by atoms with E-state index < -0.39 is 51.6 Å². The van der Waals surface area contributed by atoms with E-state index in [4.69, 9.17) is 39.9 Å². The van der Waals surface area contributed by atoms with Crippen LogP contribution < -0.4 is 0 Å². The molecule has 0 fully saturated rings. The lowest BCUT2D eigenvalue weighted by molar-refractivity contribution is 0.278. The molecule has 0 bridgehead atoms. The molecule has 100 heavy (non-hydrogen) atoms. The predicted octanol–water partition coefficient (Wildman–Crippen LogP) is 28.9. The highest BCUT2D eigenvalue weighted by Gasteiger charge is 2.17. The summed E-state index contributed by atoms with van der Waals surface area (Å²) in [6.07, 6.45) is 0. The molecule has 1 N–H and O–H groups in total.